The van der Waals surface area contributed by atoms with Crippen LogP contribution < -0.4 is 10.5 Å². The third-order valence-corrected chi connectivity index (χ3v) is 3.24. The standard InChI is InChI=1S/C11H14INO/c1-2-10(13)9-6-8(12)5-7-3-4-14-11(7)9/h5-6,10H,2-4,13H2,1H3. The van der Waals surface area contributed by atoms with E-state index in [1.54, 1.807) is 0 Å². The van der Waals surface area contributed by atoms with Gasteiger partial charge in [0.1, 0.15) is 5.75 Å². The minimum atomic E-state index is 0.108. The van der Waals surface area contributed by atoms with Crippen LogP contribution in [0.15, 0.2) is 12.1 Å². The Morgan fingerprint density at radius 1 is 1.57 bits per heavy atom. The van der Waals surface area contributed by atoms with E-state index in [9.17, 15) is 0 Å². The average molecular weight is 303 g/mol. The fraction of sp³-hybridized carbons (Fsp3) is 0.455. The Hall–Kier alpha value is -0.290. The molecule has 0 spiro atoms. The Morgan fingerprint density at radius 3 is 3.07 bits per heavy atom. The van der Waals surface area contributed by atoms with Crippen molar-refractivity contribution < 1.29 is 4.74 Å². The molecule has 3 heteroatoms. The van der Waals surface area contributed by atoms with Crippen molar-refractivity contribution in [2.24, 2.45) is 5.73 Å². The van der Waals surface area contributed by atoms with E-state index in [4.69, 9.17) is 10.5 Å². The van der Waals surface area contributed by atoms with E-state index < -0.39 is 0 Å². The largest absolute Gasteiger partial charge is 0.493 e. The van der Waals surface area contributed by atoms with Gasteiger partial charge in [-0.3, -0.25) is 0 Å². The fourth-order valence-corrected chi connectivity index (χ4v) is 2.50. The Bertz CT molecular complexity index is 351. The predicted octanol–water partition coefficient (Wildman–Crippen LogP) is 2.64. The smallest absolute Gasteiger partial charge is 0.127 e. The molecule has 1 aromatic carbocycles. The normalized spacial score (nSPS) is 16.2. The summed E-state index contributed by atoms with van der Waals surface area (Å²) in [5.74, 6) is 1.04. The first-order chi connectivity index (χ1) is 6.72. The number of benzene rings is 1. The molecule has 1 unspecified atom stereocenters. The Kier molecular flexibility index (Phi) is 2.97. The second-order valence-electron chi connectivity index (χ2n) is 3.60. The van der Waals surface area contributed by atoms with Crippen LogP contribution in [0.2, 0.25) is 0 Å². The number of halogens is 1. The van der Waals surface area contributed by atoms with Crippen molar-refractivity contribution >= 4 is 22.6 Å². The number of hydrogen-bond acceptors (Lipinski definition) is 2. The van der Waals surface area contributed by atoms with Gasteiger partial charge in [0.25, 0.3) is 0 Å². The van der Waals surface area contributed by atoms with E-state index in [-0.39, 0.29) is 6.04 Å². The lowest BCUT2D eigenvalue weighted by Crippen LogP contribution is -2.10. The first-order valence-electron chi connectivity index (χ1n) is 4.93. The third kappa shape index (κ3) is 1.75. The summed E-state index contributed by atoms with van der Waals surface area (Å²) >= 11 is 2.34. The molecule has 0 aliphatic carbocycles. The van der Waals surface area contributed by atoms with E-state index in [0.29, 0.717) is 0 Å². The SMILES string of the molecule is CCC(N)c1cc(I)cc2c1OCC2. The molecule has 1 aromatic rings. The Morgan fingerprint density at radius 2 is 2.36 bits per heavy atom. The summed E-state index contributed by atoms with van der Waals surface area (Å²) in [4.78, 5) is 0. The maximum absolute atomic E-state index is 6.05. The van der Waals surface area contributed by atoms with Crippen molar-refractivity contribution in [1.29, 1.82) is 0 Å². The van der Waals surface area contributed by atoms with Crippen LogP contribution in [0.4, 0.5) is 0 Å². The lowest BCUT2D eigenvalue weighted by Gasteiger charge is -2.14. The first-order valence-corrected chi connectivity index (χ1v) is 6.01. The summed E-state index contributed by atoms with van der Waals surface area (Å²) in [7, 11) is 0. The minimum absolute atomic E-state index is 0.108. The van der Waals surface area contributed by atoms with Crippen LogP contribution in [0.5, 0.6) is 5.75 Å². The van der Waals surface area contributed by atoms with Gasteiger partial charge in [0.2, 0.25) is 0 Å². The monoisotopic (exact) mass is 303 g/mol. The van der Waals surface area contributed by atoms with E-state index in [2.05, 4.69) is 41.6 Å². The van der Waals surface area contributed by atoms with Gasteiger partial charge in [-0.05, 0) is 46.7 Å². The highest BCUT2D eigenvalue weighted by molar-refractivity contribution is 14.1. The minimum Gasteiger partial charge on any atom is -0.493 e. The van der Waals surface area contributed by atoms with Crippen LogP contribution in [-0.2, 0) is 6.42 Å². The topological polar surface area (TPSA) is 35.2 Å². The maximum atomic E-state index is 6.05. The highest BCUT2D eigenvalue weighted by Gasteiger charge is 2.20. The zero-order valence-corrected chi connectivity index (χ0v) is 10.4. The number of hydrogen-bond donors (Lipinski definition) is 1. The predicted molar refractivity (Wildman–Crippen MR) is 65.6 cm³/mol. The second kappa shape index (κ2) is 4.06. The zero-order valence-electron chi connectivity index (χ0n) is 8.22. The van der Waals surface area contributed by atoms with Crippen LogP contribution in [0.3, 0.4) is 0 Å². The van der Waals surface area contributed by atoms with Crippen molar-refractivity contribution in [3.8, 4) is 5.75 Å². The molecular weight excluding hydrogens is 289 g/mol. The molecule has 2 rings (SSSR count). The highest BCUT2D eigenvalue weighted by atomic mass is 127. The van der Waals surface area contributed by atoms with Crippen LogP contribution in [0.1, 0.15) is 30.5 Å². The number of ether oxygens (including phenoxy) is 1. The number of nitrogens with two attached hydrogens (primary N) is 1. The summed E-state index contributed by atoms with van der Waals surface area (Å²) in [6.45, 7) is 2.91. The van der Waals surface area contributed by atoms with Gasteiger partial charge < -0.3 is 10.5 Å². The van der Waals surface area contributed by atoms with Gasteiger partial charge in [-0.15, -0.1) is 0 Å². The van der Waals surface area contributed by atoms with Crippen LogP contribution in [0, 0.1) is 3.57 Å². The van der Waals surface area contributed by atoms with Gasteiger partial charge >= 0.3 is 0 Å². The van der Waals surface area contributed by atoms with Crippen molar-refractivity contribution in [3.63, 3.8) is 0 Å². The van der Waals surface area contributed by atoms with Gasteiger partial charge in [0.05, 0.1) is 6.61 Å². The third-order valence-electron chi connectivity index (χ3n) is 2.62. The molecule has 0 amide bonds. The molecule has 0 saturated carbocycles. The van der Waals surface area contributed by atoms with Crippen molar-refractivity contribution in [2.45, 2.75) is 25.8 Å². The molecule has 1 aliphatic rings. The molecule has 1 heterocycles. The molecule has 0 bridgehead atoms. The average Bonchev–Trinajstić information content (AvgIpc) is 2.62. The summed E-state index contributed by atoms with van der Waals surface area (Å²) in [5, 5.41) is 0. The van der Waals surface area contributed by atoms with Gasteiger partial charge in [-0.2, -0.15) is 0 Å². The molecule has 0 radical (unpaired) electrons. The van der Waals surface area contributed by atoms with Crippen molar-refractivity contribution in [3.05, 3.63) is 26.8 Å². The van der Waals surface area contributed by atoms with Crippen LogP contribution in [0.25, 0.3) is 0 Å². The quantitative estimate of drug-likeness (QED) is 0.853. The first kappa shape index (κ1) is 10.2. The molecule has 76 valence electrons. The molecule has 1 aliphatic heterocycles. The molecular formula is C11H14INO. The van der Waals surface area contributed by atoms with Gasteiger partial charge in [-0.25, -0.2) is 0 Å². The molecule has 0 saturated heterocycles. The fourth-order valence-electron chi connectivity index (χ4n) is 1.79. The molecule has 2 nitrogen and oxygen atoms in total. The molecule has 0 fully saturated rings. The van der Waals surface area contributed by atoms with Crippen LogP contribution in [-0.4, -0.2) is 6.61 Å². The molecule has 2 N–H and O–H groups in total. The van der Waals surface area contributed by atoms with Crippen LogP contribution >= 0.6 is 22.6 Å². The van der Waals surface area contributed by atoms with E-state index in [1.807, 2.05) is 0 Å². The summed E-state index contributed by atoms with van der Waals surface area (Å²) in [5.41, 5.74) is 8.54. The summed E-state index contributed by atoms with van der Waals surface area (Å²) < 4.78 is 6.88. The van der Waals surface area contributed by atoms with E-state index in [1.165, 1.54) is 14.7 Å². The van der Waals surface area contributed by atoms with Gasteiger partial charge in [0.15, 0.2) is 0 Å². The molecule has 1 atom stereocenters. The van der Waals surface area contributed by atoms with Crippen molar-refractivity contribution in [2.75, 3.05) is 6.61 Å². The Balaban J connectivity index is 2.48. The molecule has 14 heavy (non-hydrogen) atoms. The second-order valence-corrected chi connectivity index (χ2v) is 4.84. The number of fused-ring (bicyclic) bond motifs is 1. The highest BCUT2D eigenvalue weighted by Crippen LogP contribution is 2.35. The maximum Gasteiger partial charge on any atom is 0.127 e. The Labute approximate surface area is 98.0 Å². The van der Waals surface area contributed by atoms with Gasteiger partial charge in [0, 0.05) is 21.6 Å². The van der Waals surface area contributed by atoms with E-state index >= 15 is 0 Å². The van der Waals surface area contributed by atoms with Gasteiger partial charge in [-0.1, -0.05) is 6.92 Å². The van der Waals surface area contributed by atoms with Crippen molar-refractivity contribution in [1.82, 2.24) is 0 Å². The lowest BCUT2D eigenvalue weighted by molar-refractivity contribution is 0.351. The number of rotatable bonds is 2. The van der Waals surface area contributed by atoms with E-state index in [0.717, 1.165) is 25.2 Å². The summed E-state index contributed by atoms with van der Waals surface area (Å²) in [6.07, 6.45) is 1.98. The summed E-state index contributed by atoms with van der Waals surface area (Å²) in [6, 6.07) is 4.43. The zero-order chi connectivity index (χ0) is 10.1. The molecule has 0 aromatic heterocycles. The lowest BCUT2D eigenvalue weighted by atomic mass is 10.0.